The standard InChI is InChI=1S/C75H70N2O/c1-71(2,3)47-28-36-51(37-29-47)76(52-38-30-48(31-39-52)72(4,5)6)64-45-44-59-67-57(64)23-19-26-62(67)75(60-24-16-13-20-55(60)56-21-14-17-25-61(56)75)63-46-65(69-58-22-15-18-27-66(58)78-70(69)68(59)63)77(53-40-32-49(33-41-53)73(7,8)9)54-42-34-50(35-43-54)74(10,11)12/h13-46H,1-12H3. The minimum Gasteiger partial charge on any atom is -0.455 e. The van der Waals surface area contributed by atoms with Gasteiger partial charge in [-0.15, -0.1) is 0 Å². The van der Waals surface area contributed by atoms with Gasteiger partial charge in [0, 0.05) is 39.1 Å². The van der Waals surface area contributed by atoms with Gasteiger partial charge in [-0.1, -0.05) is 223 Å². The molecule has 0 atom stereocenters. The van der Waals surface area contributed by atoms with Crippen LogP contribution in [0.1, 0.15) is 128 Å². The summed E-state index contributed by atoms with van der Waals surface area (Å²) in [5.41, 5.74) is 22.7. The first kappa shape index (κ1) is 49.4. The molecule has 3 heteroatoms. The van der Waals surface area contributed by atoms with Crippen LogP contribution >= 0.6 is 0 Å². The minimum atomic E-state index is -0.735. The number of anilines is 6. The van der Waals surface area contributed by atoms with Crippen molar-refractivity contribution >= 4 is 66.8 Å². The first-order valence-corrected chi connectivity index (χ1v) is 28.0. The number of nitrogens with zero attached hydrogens (tertiary/aromatic N) is 2. The first-order chi connectivity index (χ1) is 37.2. The summed E-state index contributed by atoms with van der Waals surface area (Å²) >= 11 is 0. The summed E-state index contributed by atoms with van der Waals surface area (Å²) < 4.78 is 7.52. The minimum absolute atomic E-state index is 0.00766. The van der Waals surface area contributed by atoms with Gasteiger partial charge in [-0.25, -0.2) is 0 Å². The molecule has 0 bridgehead atoms. The second-order valence-electron chi connectivity index (χ2n) is 26.2. The van der Waals surface area contributed by atoms with Crippen molar-refractivity contribution in [3.63, 3.8) is 0 Å². The molecular weight excluding hydrogens is 945 g/mol. The summed E-state index contributed by atoms with van der Waals surface area (Å²) in [6.07, 6.45) is 0. The monoisotopic (exact) mass is 1010 g/mol. The lowest BCUT2D eigenvalue weighted by Crippen LogP contribution is -2.32. The molecule has 78 heavy (non-hydrogen) atoms. The average molecular weight is 1020 g/mol. The summed E-state index contributed by atoms with van der Waals surface area (Å²) in [7, 11) is 0. The van der Waals surface area contributed by atoms with Crippen LogP contribution in [0.5, 0.6) is 0 Å². The summed E-state index contributed by atoms with van der Waals surface area (Å²) in [5.74, 6) is 0. The van der Waals surface area contributed by atoms with Gasteiger partial charge in [0.2, 0.25) is 0 Å². The van der Waals surface area contributed by atoms with Crippen LogP contribution in [0, 0.1) is 0 Å². The van der Waals surface area contributed by atoms with Crippen LogP contribution in [-0.2, 0) is 27.1 Å². The molecule has 3 nitrogen and oxygen atoms in total. The molecule has 1 spiro atoms. The van der Waals surface area contributed by atoms with E-state index in [0.717, 1.165) is 61.6 Å². The number of fused-ring (bicyclic) bond motifs is 13. The van der Waals surface area contributed by atoms with Crippen LogP contribution < -0.4 is 9.80 Å². The maximum Gasteiger partial charge on any atom is 0.145 e. The molecule has 1 heterocycles. The van der Waals surface area contributed by atoms with E-state index in [-0.39, 0.29) is 21.7 Å². The van der Waals surface area contributed by atoms with Crippen molar-refractivity contribution < 1.29 is 4.42 Å². The fourth-order valence-corrected chi connectivity index (χ4v) is 13.0. The van der Waals surface area contributed by atoms with E-state index in [2.05, 4.69) is 299 Å². The van der Waals surface area contributed by atoms with Gasteiger partial charge in [-0.3, -0.25) is 0 Å². The zero-order valence-electron chi connectivity index (χ0n) is 47.4. The smallest absolute Gasteiger partial charge is 0.145 e. The SMILES string of the molecule is CC(C)(C)c1ccc(N(c2ccc(C(C)(C)C)cc2)c2ccc3c4c(cccc24)C2(c4ccccc4-c4ccccc42)c2cc(N(c4ccc(C(C)(C)C)cc4)c4ccc(C(C)(C)C)cc4)c4c(oc5ccccc54)c2-3)cc1. The quantitative estimate of drug-likeness (QED) is 0.165. The van der Waals surface area contributed by atoms with Gasteiger partial charge < -0.3 is 14.2 Å². The third-order valence-corrected chi connectivity index (χ3v) is 17.1. The Morgan fingerprint density at radius 2 is 0.718 bits per heavy atom. The van der Waals surface area contributed by atoms with Crippen molar-refractivity contribution in [2.75, 3.05) is 9.80 Å². The summed E-state index contributed by atoms with van der Waals surface area (Å²) in [6.45, 7) is 27.5. The molecule has 0 radical (unpaired) electrons. The number of benzene rings is 10. The number of rotatable bonds is 6. The molecule has 13 rings (SSSR count). The van der Waals surface area contributed by atoms with E-state index in [4.69, 9.17) is 4.42 Å². The second-order valence-corrected chi connectivity index (χ2v) is 26.2. The molecule has 0 fully saturated rings. The number of hydrogen-bond acceptors (Lipinski definition) is 3. The van der Waals surface area contributed by atoms with E-state index in [1.165, 1.54) is 72.0 Å². The van der Waals surface area contributed by atoms with Crippen molar-refractivity contribution in [2.45, 2.75) is 110 Å². The Morgan fingerprint density at radius 3 is 1.18 bits per heavy atom. The van der Waals surface area contributed by atoms with E-state index in [1.54, 1.807) is 0 Å². The summed E-state index contributed by atoms with van der Waals surface area (Å²) in [6, 6.07) is 78.4. The molecule has 2 aliphatic carbocycles. The first-order valence-electron chi connectivity index (χ1n) is 28.0. The van der Waals surface area contributed by atoms with E-state index < -0.39 is 5.41 Å². The Balaban J connectivity index is 1.17. The van der Waals surface area contributed by atoms with Crippen LogP contribution in [0.3, 0.4) is 0 Å². The molecular formula is C75H70N2O. The topological polar surface area (TPSA) is 19.6 Å². The lowest BCUT2D eigenvalue weighted by molar-refractivity contribution is 0.590. The number of furan rings is 1. The molecule has 0 unspecified atom stereocenters. The van der Waals surface area contributed by atoms with Crippen LogP contribution in [0.4, 0.5) is 34.1 Å². The molecule has 1 aromatic heterocycles. The molecule has 0 amide bonds. The number of para-hydroxylation sites is 1. The summed E-state index contributed by atoms with van der Waals surface area (Å²) in [4.78, 5) is 4.98. The van der Waals surface area contributed by atoms with E-state index in [0.29, 0.717) is 0 Å². The van der Waals surface area contributed by atoms with Gasteiger partial charge in [0.05, 0.1) is 22.2 Å². The average Bonchev–Trinajstić information content (AvgIpc) is 3.69. The predicted molar refractivity (Wildman–Crippen MR) is 332 cm³/mol. The molecule has 0 aliphatic heterocycles. The Morgan fingerprint density at radius 1 is 0.321 bits per heavy atom. The highest BCUT2D eigenvalue weighted by Crippen LogP contribution is 2.65. The highest BCUT2D eigenvalue weighted by Gasteiger charge is 2.51. The maximum absolute atomic E-state index is 7.52. The van der Waals surface area contributed by atoms with Gasteiger partial charge in [-0.2, -0.15) is 0 Å². The normalized spacial score (nSPS) is 13.7. The summed E-state index contributed by atoms with van der Waals surface area (Å²) in [5, 5.41) is 4.60. The molecule has 0 saturated heterocycles. The Labute approximate surface area is 461 Å². The fourth-order valence-electron chi connectivity index (χ4n) is 13.0. The largest absolute Gasteiger partial charge is 0.455 e. The zero-order chi connectivity index (χ0) is 54.3. The Hall–Kier alpha value is -8.14. The van der Waals surface area contributed by atoms with E-state index in [9.17, 15) is 0 Å². The van der Waals surface area contributed by atoms with Crippen LogP contribution in [-0.4, -0.2) is 0 Å². The lowest BCUT2D eigenvalue weighted by atomic mass is 9.61. The molecule has 0 saturated carbocycles. The van der Waals surface area contributed by atoms with Crippen molar-refractivity contribution in [1.82, 2.24) is 0 Å². The maximum atomic E-state index is 7.52. The van der Waals surface area contributed by atoms with Gasteiger partial charge in [0.15, 0.2) is 0 Å². The fraction of sp³-hybridized carbons (Fsp3) is 0.227. The molecule has 2 aliphatic rings. The molecule has 0 N–H and O–H groups in total. The predicted octanol–water partition coefficient (Wildman–Crippen LogP) is 21.2. The molecule has 11 aromatic rings. The van der Waals surface area contributed by atoms with Crippen molar-refractivity contribution in [3.8, 4) is 22.3 Å². The third-order valence-electron chi connectivity index (χ3n) is 17.1. The van der Waals surface area contributed by atoms with E-state index in [1.807, 2.05) is 0 Å². The van der Waals surface area contributed by atoms with Crippen molar-refractivity contribution in [2.24, 2.45) is 0 Å². The van der Waals surface area contributed by atoms with Gasteiger partial charge in [0.1, 0.15) is 11.2 Å². The van der Waals surface area contributed by atoms with Gasteiger partial charge in [0.25, 0.3) is 0 Å². The van der Waals surface area contributed by atoms with Crippen LogP contribution in [0.25, 0.3) is 55.0 Å². The van der Waals surface area contributed by atoms with Gasteiger partial charge >= 0.3 is 0 Å². The highest BCUT2D eigenvalue weighted by molar-refractivity contribution is 6.22. The van der Waals surface area contributed by atoms with Crippen LogP contribution in [0.15, 0.2) is 211 Å². The van der Waals surface area contributed by atoms with Gasteiger partial charge in [-0.05, 0) is 155 Å². The van der Waals surface area contributed by atoms with Crippen LogP contribution in [0.2, 0.25) is 0 Å². The molecule has 386 valence electrons. The highest BCUT2D eigenvalue weighted by atomic mass is 16.3. The Kier molecular flexibility index (Phi) is 11.0. The number of hydrogen-bond donors (Lipinski definition) is 0. The van der Waals surface area contributed by atoms with Crippen molar-refractivity contribution in [1.29, 1.82) is 0 Å². The zero-order valence-corrected chi connectivity index (χ0v) is 47.4. The van der Waals surface area contributed by atoms with Crippen molar-refractivity contribution in [3.05, 3.63) is 251 Å². The lowest BCUT2D eigenvalue weighted by Gasteiger charge is -2.41. The van der Waals surface area contributed by atoms with E-state index >= 15 is 0 Å². The third kappa shape index (κ3) is 7.59. The molecule has 10 aromatic carbocycles. The Bertz CT molecular complexity index is 3980. The second kappa shape index (κ2) is 17.4.